The zero-order valence-electron chi connectivity index (χ0n) is 9.46. The molecule has 0 aliphatic carbocycles. The van der Waals surface area contributed by atoms with E-state index in [2.05, 4.69) is 51.8 Å². The van der Waals surface area contributed by atoms with Crippen LogP contribution in [0.2, 0.25) is 0 Å². The minimum atomic E-state index is 0.773. The average Bonchev–Trinajstić information content (AvgIpc) is 1.83. The van der Waals surface area contributed by atoms with E-state index in [1.165, 1.54) is 13.1 Å². The summed E-state index contributed by atoms with van der Waals surface area (Å²) in [6.45, 7) is 6.99. The van der Waals surface area contributed by atoms with Gasteiger partial charge < -0.3 is 9.80 Å². The van der Waals surface area contributed by atoms with Crippen molar-refractivity contribution in [2.24, 2.45) is 11.8 Å². The number of hydrogen-bond donors (Lipinski definition) is 0. The normalized spacial score (nSPS) is 12.5. The monoisotopic (exact) mass is 172 g/mol. The molecule has 0 aromatic heterocycles. The van der Waals surface area contributed by atoms with Crippen molar-refractivity contribution >= 4 is 0 Å². The van der Waals surface area contributed by atoms with Crippen molar-refractivity contribution in [1.82, 2.24) is 9.80 Å². The molecule has 0 atom stereocenters. The SMILES string of the molecule is CC(C)C(CN(C)C)CN(C)C. The average molecular weight is 172 g/mol. The molecule has 2 heteroatoms. The van der Waals surface area contributed by atoms with Gasteiger partial charge in [-0.2, -0.15) is 0 Å². The van der Waals surface area contributed by atoms with Crippen LogP contribution in [0.4, 0.5) is 0 Å². The zero-order chi connectivity index (χ0) is 9.72. The van der Waals surface area contributed by atoms with Gasteiger partial charge >= 0.3 is 0 Å². The Kier molecular flexibility index (Phi) is 5.51. The molecular weight excluding hydrogens is 148 g/mol. The third kappa shape index (κ3) is 5.56. The van der Waals surface area contributed by atoms with Crippen molar-refractivity contribution < 1.29 is 0 Å². The second-order valence-electron chi connectivity index (χ2n) is 4.53. The van der Waals surface area contributed by atoms with Crippen molar-refractivity contribution in [3.05, 3.63) is 0 Å². The van der Waals surface area contributed by atoms with E-state index in [9.17, 15) is 0 Å². The lowest BCUT2D eigenvalue weighted by Crippen LogP contribution is -2.33. The first-order valence-electron chi connectivity index (χ1n) is 4.73. The Hall–Kier alpha value is -0.0800. The highest BCUT2D eigenvalue weighted by molar-refractivity contribution is 4.68. The van der Waals surface area contributed by atoms with Crippen LogP contribution >= 0.6 is 0 Å². The van der Waals surface area contributed by atoms with Crippen LogP contribution in [-0.2, 0) is 0 Å². The molecule has 0 saturated heterocycles. The van der Waals surface area contributed by atoms with Crippen LogP contribution in [0, 0.1) is 11.8 Å². The summed E-state index contributed by atoms with van der Waals surface area (Å²) in [7, 11) is 8.58. The molecule has 0 radical (unpaired) electrons. The second kappa shape index (κ2) is 5.55. The van der Waals surface area contributed by atoms with Gasteiger partial charge in [0.25, 0.3) is 0 Å². The zero-order valence-corrected chi connectivity index (χ0v) is 9.46. The Morgan fingerprint density at radius 3 is 1.33 bits per heavy atom. The highest BCUT2D eigenvalue weighted by Crippen LogP contribution is 2.12. The van der Waals surface area contributed by atoms with Gasteiger partial charge in [0.15, 0.2) is 0 Å². The molecule has 74 valence electrons. The first kappa shape index (κ1) is 11.9. The van der Waals surface area contributed by atoms with Gasteiger partial charge in [-0.25, -0.2) is 0 Å². The lowest BCUT2D eigenvalue weighted by Gasteiger charge is -2.27. The van der Waals surface area contributed by atoms with Crippen molar-refractivity contribution in [2.45, 2.75) is 13.8 Å². The van der Waals surface area contributed by atoms with E-state index in [-0.39, 0.29) is 0 Å². The van der Waals surface area contributed by atoms with Crippen molar-refractivity contribution in [1.29, 1.82) is 0 Å². The molecule has 2 nitrogen and oxygen atoms in total. The number of nitrogens with zero attached hydrogens (tertiary/aromatic N) is 2. The fourth-order valence-corrected chi connectivity index (χ4v) is 1.42. The predicted octanol–water partition coefficient (Wildman–Crippen LogP) is 1.38. The molecule has 0 aromatic carbocycles. The first-order chi connectivity index (χ1) is 5.43. The Morgan fingerprint density at radius 2 is 1.17 bits per heavy atom. The van der Waals surface area contributed by atoms with Gasteiger partial charge in [0.1, 0.15) is 0 Å². The number of rotatable bonds is 5. The Balaban J connectivity index is 3.87. The van der Waals surface area contributed by atoms with Gasteiger partial charge in [0, 0.05) is 13.1 Å². The molecule has 0 rings (SSSR count). The van der Waals surface area contributed by atoms with Crippen LogP contribution < -0.4 is 0 Å². The second-order valence-corrected chi connectivity index (χ2v) is 4.53. The third-order valence-corrected chi connectivity index (χ3v) is 2.14. The van der Waals surface area contributed by atoms with E-state index in [0.29, 0.717) is 0 Å². The van der Waals surface area contributed by atoms with Gasteiger partial charge in [0.2, 0.25) is 0 Å². The van der Waals surface area contributed by atoms with Crippen molar-refractivity contribution in [3.8, 4) is 0 Å². The first-order valence-corrected chi connectivity index (χ1v) is 4.73. The van der Waals surface area contributed by atoms with Crippen LogP contribution in [-0.4, -0.2) is 51.1 Å². The molecule has 0 N–H and O–H groups in total. The maximum atomic E-state index is 2.30. The standard InChI is InChI=1S/C10H24N2/c1-9(2)10(7-11(3)4)8-12(5)6/h9-10H,7-8H2,1-6H3. The van der Waals surface area contributed by atoms with Gasteiger partial charge in [-0.3, -0.25) is 0 Å². The Morgan fingerprint density at radius 1 is 0.833 bits per heavy atom. The maximum Gasteiger partial charge on any atom is 0.00182 e. The summed E-state index contributed by atoms with van der Waals surface area (Å²) in [5.41, 5.74) is 0. The van der Waals surface area contributed by atoms with Gasteiger partial charge in [-0.1, -0.05) is 13.8 Å². The molecule has 0 unspecified atom stereocenters. The van der Waals surface area contributed by atoms with E-state index in [0.717, 1.165) is 11.8 Å². The minimum Gasteiger partial charge on any atom is -0.309 e. The molecule has 0 bridgehead atoms. The van der Waals surface area contributed by atoms with Crippen LogP contribution in [0.1, 0.15) is 13.8 Å². The molecule has 0 saturated carbocycles. The van der Waals surface area contributed by atoms with Gasteiger partial charge in [-0.05, 0) is 40.0 Å². The molecular formula is C10H24N2. The molecule has 0 fully saturated rings. The van der Waals surface area contributed by atoms with E-state index < -0.39 is 0 Å². The van der Waals surface area contributed by atoms with Crippen molar-refractivity contribution in [3.63, 3.8) is 0 Å². The fraction of sp³-hybridized carbons (Fsp3) is 1.00. The van der Waals surface area contributed by atoms with Crippen LogP contribution in [0.25, 0.3) is 0 Å². The molecule has 12 heavy (non-hydrogen) atoms. The fourth-order valence-electron chi connectivity index (χ4n) is 1.42. The van der Waals surface area contributed by atoms with Gasteiger partial charge in [-0.15, -0.1) is 0 Å². The third-order valence-electron chi connectivity index (χ3n) is 2.14. The lowest BCUT2D eigenvalue weighted by atomic mass is 9.95. The molecule has 0 spiro atoms. The summed E-state index contributed by atoms with van der Waals surface area (Å²) in [5.74, 6) is 1.56. The topological polar surface area (TPSA) is 6.48 Å². The summed E-state index contributed by atoms with van der Waals surface area (Å²) >= 11 is 0. The van der Waals surface area contributed by atoms with Gasteiger partial charge in [0.05, 0.1) is 0 Å². The maximum absolute atomic E-state index is 2.30. The van der Waals surface area contributed by atoms with Crippen molar-refractivity contribution in [2.75, 3.05) is 41.3 Å². The molecule has 0 heterocycles. The van der Waals surface area contributed by atoms with Crippen LogP contribution in [0.3, 0.4) is 0 Å². The van der Waals surface area contributed by atoms with Crippen LogP contribution in [0.5, 0.6) is 0 Å². The smallest absolute Gasteiger partial charge is 0.00182 e. The minimum absolute atomic E-state index is 0.773. The molecule has 0 aliphatic heterocycles. The molecule has 0 aliphatic rings. The largest absolute Gasteiger partial charge is 0.309 e. The summed E-state index contributed by atoms with van der Waals surface area (Å²) in [6, 6.07) is 0. The highest BCUT2D eigenvalue weighted by Gasteiger charge is 2.14. The summed E-state index contributed by atoms with van der Waals surface area (Å²) in [6.07, 6.45) is 0. The van der Waals surface area contributed by atoms with E-state index in [1.54, 1.807) is 0 Å². The molecule has 0 amide bonds. The van der Waals surface area contributed by atoms with E-state index in [4.69, 9.17) is 0 Å². The summed E-state index contributed by atoms with van der Waals surface area (Å²) < 4.78 is 0. The Bertz CT molecular complexity index is 98.4. The van der Waals surface area contributed by atoms with E-state index in [1.807, 2.05) is 0 Å². The van der Waals surface area contributed by atoms with E-state index >= 15 is 0 Å². The highest BCUT2D eigenvalue weighted by atomic mass is 15.1. The predicted molar refractivity (Wildman–Crippen MR) is 55.4 cm³/mol. The quantitative estimate of drug-likeness (QED) is 0.618. The van der Waals surface area contributed by atoms with Crippen LogP contribution in [0.15, 0.2) is 0 Å². The number of hydrogen-bond acceptors (Lipinski definition) is 2. The summed E-state index contributed by atoms with van der Waals surface area (Å²) in [5, 5.41) is 0. The lowest BCUT2D eigenvalue weighted by molar-refractivity contribution is 0.213. The molecule has 0 aromatic rings. The Labute approximate surface area is 77.5 Å². The summed E-state index contributed by atoms with van der Waals surface area (Å²) in [4.78, 5) is 4.54.